The molecule has 0 saturated heterocycles. The van der Waals surface area contributed by atoms with E-state index in [1.54, 1.807) is 34.5 Å². The van der Waals surface area contributed by atoms with Gasteiger partial charge >= 0.3 is 0 Å². The van der Waals surface area contributed by atoms with E-state index in [4.69, 9.17) is 23.2 Å². The van der Waals surface area contributed by atoms with Crippen molar-refractivity contribution in [1.82, 2.24) is 19.9 Å². The molecule has 0 atom stereocenters. The average molecular weight is 473 g/mol. The molecule has 2 heterocycles. The van der Waals surface area contributed by atoms with Gasteiger partial charge in [-0.1, -0.05) is 42.3 Å². The number of amides is 1. The second-order valence-electron chi connectivity index (χ2n) is 6.95. The number of H-pyrrole nitrogens is 1. The molecule has 2 aromatic carbocycles. The molecule has 6 nitrogen and oxygen atoms in total. The van der Waals surface area contributed by atoms with Crippen molar-refractivity contribution in [3.05, 3.63) is 79.8 Å². The van der Waals surface area contributed by atoms with E-state index < -0.39 is 0 Å². The molecule has 0 aliphatic heterocycles. The predicted octanol–water partition coefficient (Wildman–Crippen LogP) is 5.41. The number of nitrogens with zero attached hydrogens (tertiary/aromatic N) is 3. The minimum Gasteiger partial charge on any atom is -0.330 e. The molecule has 4 aromatic rings. The molecule has 1 N–H and O–H groups in total. The van der Waals surface area contributed by atoms with Gasteiger partial charge in [0.05, 0.1) is 17.4 Å². The van der Waals surface area contributed by atoms with Crippen LogP contribution in [0.3, 0.4) is 0 Å². The Morgan fingerprint density at radius 1 is 1.13 bits per heavy atom. The SMILES string of the molecule is CCCN(Cc1nc2cc(Cl)ccc2c(=O)[nH]1)C(=O)c1csc(-c2cccc(Cl)c2)n1. The highest BCUT2D eigenvalue weighted by molar-refractivity contribution is 7.13. The fraction of sp³-hybridized carbons (Fsp3) is 0.182. The monoisotopic (exact) mass is 472 g/mol. The van der Waals surface area contributed by atoms with Crippen LogP contribution in [0.4, 0.5) is 0 Å². The molecule has 0 spiro atoms. The standard InChI is InChI=1S/C22H18Cl2N4O2S/c1-2-8-28(11-19-25-17-10-15(24)6-7-16(17)20(29)27-19)22(30)18-12-31-21(26-18)13-4-3-5-14(23)9-13/h3-7,9-10,12H,2,8,11H2,1H3,(H,25,27,29). The molecule has 0 saturated carbocycles. The Morgan fingerprint density at radius 3 is 2.71 bits per heavy atom. The first-order valence-corrected chi connectivity index (χ1v) is 11.3. The summed E-state index contributed by atoms with van der Waals surface area (Å²) in [6.45, 7) is 2.64. The van der Waals surface area contributed by atoms with Crippen LogP contribution in [0.25, 0.3) is 21.5 Å². The highest BCUT2D eigenvalue weighted by atomic mass is 35.5. The van der Waals surface area contributed by atoms with Crippen LogP contribution in [-0.2, 0) is 6.54 Å². The van der Waals surface area contributed by atoms with Crippen LogP contribution in [0.2, 0.25) is 10.0 Å². The number of hydrogen-bond donors (Lipinski definition) is 1. The number of carbonyl (C=O) groups is 1. The van der Waals surface area contributed by atoms with Crippen molar-refractivity contribution in [1.29, 1.82) is 0 Å². The van der Waals surface area contributed by atoms with Gasteiger partial charge in [-0.05, 0) is 36.8 Å². The van der Waals surface area contributed by atoms with E-state index in [-0.39, 0.29) is 18.0 Å². The van der Waals surface area contributed by atoms with E-state index in [0.29, 0.717) is 44.0 Å². The third-order valence-corrected chi connectivity index (χ3v) is 6.00. The maximum atomic E-state index is 13.2. The lowest BCUT2D eigenvalue weighted by Crippen LogP contribution is -2.33. The third kappa shape index (κ3) is 4.79. The van der Waals surface area contributed by atoms with Crippen molar-refractivity contribution in [2.45, 2.75) is 19.9 Å². The van der Waals surface area contributed by atoms with E-state index in [1.165, 1.54) is 11.3 Å². The summed E-state index contributed by atoms with van der Waals surface area (Å²) < 4.78 is 0. The predicted molar refractivity (Wildman–Crippen MR) is 125 cm³/mol. The van der Waals surface area contributed by atoms with Gasteiger partial charge in [-0.3, -0.25) is 9.59 Å². The first-order chi connectivity index (χ1) is 14.9. The molecular formula is C22H18Cl2N4O2S. The zero-order chi connectivity index (χ0) is 22.0. The quantitative estimate of drug-likeness (QED) is 0.407. The molecule has 0 fully saturated rings. The molecule has 2 aromatic heterocycles. The fourth-order valence-corrected chi connectivity index (χ4v) is 4.37. The third-order valence-electron chi connectivity index (χ3n) is 4.63. The molecule has 158 valence electrons. The van der Waals surface area contributed by atoms with E-state index in [1.807, 2.05) is 25.1 Å². The zero-order valence-corrected chi connectivity index (χ0v) is 18.9. The number of rotatable bonds is 6. The molecule has 0 radical (unpaired) electrons. The Hall–Kier alpha value is -2.74. The Labute approximate surface area is 192 Å². The Balaban J connectivity index is 1.61. The number of aromatic nitrogens is 3. The average Bonchev–Trinajstić information content (AvgIpc) is 3.23. The molecule has 0 unspecified atom stereocenters. The maximum Gasteiger partial charge on any atom is 0.273 e. The summed E-state index contributed by atoms with van der Waals surface area (Å²) in [6, 6.07) is 12.3. The summed E-state index contributed by atoms with van der Waals surface area (Å²) in [5.74, 6) is 0.173. The number of nitrogens with one attached hydrogen (secondary N) is 1. The van der Waals surface area contributed by atoms with Crippen molar-refractivity contribution in [3.63, 3.8) is 0 Å². The lowest BCUT2D eigenvalue weighted by Gasteiger charge is -2.20. The first-order valence-electron chi connectivity index (χ1n) is 9.64. The molecule has 0 bridgehead atoms. The number of aromatic amines is 1. The minimum atomic E-state index is -0.266. The van der Waals surface area contributed by atoms with Crippen LogP contribution in [0.15, 0.2) is 52.6 Å². The van der Waals surface area contributed by atoms with Crippen molar-refractivity contribution in [3.8, 4) is 10.6 Å². The van der Waals surface area contributed by atoms with Gasteiger partial charge in [0.1, 0.15) is 16.5 Å². The summed E-state index contributed by atoms with van der Waals surface area (Å²) >= 11 is 13.5. The Kier molecular flexibility index (Phi) is 6.36. The van der Waals surface area contributed by atoms with Gasteiger partial charge in [0.2, 0.25) is 0 Å². The number of halogens is 2. The van der Waals surface area contributed by atoms with Crippen LogP contribution < -0.4 is 5.56 Å². The summed E-state index contributed by atoms with van der Waals surface area (Å²) in [4.78, 5) is 39.0. The molecule has 0 aliphatic carbocycles. The molecule has 31 heavy (non-hydrogen) atoms. The van der Waals surface area contributed by atoms with Crippen LogP contribution in [0.5, 0.6) is 0 Å². The topological polar surface area (TPSA) is 79.0 Å². The molecular weight excluding hydrogens is 455 g/mol. The van der Waals surface area contributed by atoms with Gasteiger partial charge in [-0.2, -0.15) is 0 Å². The van der Waals surface area contributed by atoms with Gasteiger partial charge in [0.25, 0.3) is 11.5 Å². The molecule has 9 heteroatoms. The van der Waals surface area contributed by atoms with E-state index in [9.17, 15) is 9.59 Å². The summed E-state index contributed by atoms with van der Waals surface area (Å²) in [7, 11) is 0. The van der Waals surface area contributed by atoms with Crippen molar-refractivity contribution < 1.29 is 4.79 Å². The molecule has 0 aliphatic rings. The summed E-state index contributed by atoms with van der Waals surface area (Å²) in [5.41, 5.74) is 1.43. The fourth-order valence-electron chi connectivity index (χ4n) is 3.23. The number of benzene rings is 2. The Bertz CT molecular complexity index is 1320. The van der Waals surface area contributed by atoms with Crippen LogP contribution in [-0.4, -0.2) is 32.3 Å². The van der Waals surface area contributed by atoms with Crippen molar-refractivity contribution >= 4 is 51.3 Å². The van der Waals surface area contributed by atoms with Gasteiger partial charge in [0, 0.05) is 27.5 Å². The number of fused-ring (bicyclic) bond motifs is 1. The van der Waals surface area contributed by atoms with E-state index in [0.717, 1.165) is 12.0 Å². The molecule has 1 amide bonds. The second-order valence-corrected chi connectivity index (χ2v) is 8.68. The van der Waals surface area contributed by atoms with E-state index in [2.05, 4.69) is 15.0 Å². The second kappa shape index (κ2) is 9.18. The number of carbonyl (C=O) groups excluding carboxylic acids is 1. The number of hydrogen-bond acceptors (Lipinski definition) is 5. The summed E-state index contributed by atoms with van der Waals surface area (Å²) in [6.07, 6.45) is 0.751. The first kappa shape index (κ1) is 21.5. The minimum absolute atomic E-state index is 0.161. The van der Waals surface area contributed by atoms with E-state index >= 15 is 0 Å². The lowest BCUT2D eigenvalue weighted by molar-refractivity contribution is 0.0734. The van der Waals surface area contributed by atoms with Gasteiger partial charge in [-0.15, -0.1) is 11.3 Å². The Morgan fingerprint density at radius 2 is 1.94 bits per heavy atom. The zero-order valence-electron chi connectivity index (χ0n) is 16.6. The van der Waals surface area contributed by atoms with Crippen LogP contribution >= 0.6 is 34.5 Å². The van der Waals surface area contributed by atoms with Crippen LogP contribution in [0.1, 0.15) is 29.7 Å². The van der Waals surface area contributed by atoms with Gasteiger partial charge in [-0.25, -0.2) is 9.97 Å². The lowest BCUT2D eigenvalue weighted by atomic mass is 10.2. The largest absolute Gasteiger partial charge is 0.330 e. The normalized spacial score (nSPS) is 11.1. The van der Waals surface area contributed by atoms with Gasteiger partial charge < -0.3 is 9.88 Å². The van der Waals surface area contributed by atoms with Crippen LogP contribution in [0, 0.1) is 0 Å². The number of thiazole rings is 1. The summed E-state index contributed by atoms with van der Waals surface area (Å²) in [5, 5.41) is 4.01. The van der Waals surface area contributed by atoms with Gasteiger partial charge in [0.15, 0.2) is 0 Å². The maximum absolute atomic E-state index is 13.2. The highest BCUT2D eigenvalue weighted by Crippen LogP contribution is 2.26. The van der Waals surface area contributed by atoms with Crippen molar-refractivity contribution in [2.75, 3.05) is 6.54 Å². The molecule has 4 rings (SSSR count). The smallest absolute Gasteiger partial charge is 0.273 e. The van der Waals surface area contributed by atoms with Crippen molar-refractivity contribution in [2.24, 2.45) is 0 Å². The highest BCUT2D eigenvalue weighted by Gasteiger charge is 2.20.